The van der Waals surface area contributed by atoms with Gasteiger partial charge >= 0.3 is 0 Å². The summed E-state index contributed by atoms with van der Waals surface area (Å²) in [6.45, 7) is 3.28. The van der Waals surface area contributed by atoms with Crippen molar-refractivity contribution in [3.63, 3.8) is 0 Å². The van der Waals surface area contributed by atoms with Gasteiger partial charge in [-0.3, -0.25) is 9.69 Å². The fourth-order valence-corrected chi connectivity index (χ4v) is 1.96. The quantitative estimate of drug-likeness (QED) is 0.810. The highest BCUT2D eigenvalue weighted by Crippen LogP contribution is 2.19. The summed E-state index contributed by atoms with van der Waals surface area (Å²) in [4.78, 5) is 14.0. The van der Waals surface area contributed by atoms with Gasteiger partial charge in [-0.25, -0.2) is 0 Å². The van der Waals surface area contributed by atoms with Gasteiger partial charge in [0.1, 0.15) is 0 Å². The molecule has 1 aromatic carbocycles. The third kappa shape index (κ3) is 4.04. The standard InChI is InChI=1S/C15H23N3O/c1-11(15(19)17-14-7-8-14)18(2)10-13-5-3-12(9-16)4-6-13/h3-6,11,14H,7-10,16H2,1-2H3,(H,17,19). The molecule has 1 amide bonds. The first-order valence-electron chi connectivity index (χ1n) is 6.88. The first-order chi connectivity index (χ1) is 9.10. The first-order valence-corrected chi connectivity index (χ1v) is 6.88. The number of carbonyl (C=O) groups excluding carboxylic acids is 1. The van der Waals surface area contributed by atoms with Gasteiger partial charge in [-0.1, -0.05) is 24.3 Å². The predicted molar refractivity (Wildman–Crippen MR) is 76.4 cm³/mol. The molecule has 1 fully saturated rings. The maximum Gasteiger partial charge on any atom is 0.237 e. The SMILES string of the molecule is CC(C(=O)NC1CC1)N(C)Cc1ccc(CN)cc1. The molecule has 3 N–H and O–H groups in total. The number of amides is 1. The van der Waals surface area contributed by atoms with E-state index in [-0.39, 0.29) is 11.9 Å². The number of rotatable bonds is 6. The van der Waals surface area contributed by atoms with Crippen molar-refractivity contribution < 1.29 is 4.79 Å². The van der Waals surface area contributed by atoms with Crippen LogP contribution in [0.3, 0.4) is 0 Å². The summed E-state index contributed by atoms with van der Waals surface area (Å²) in [6, 6.07) is 8.55. The Bertz CT molecular complexity index is 426. The largest absolute Gasteiger partial charge is 0.352 e. The lowest BCUT2D eigenvalue weighted by Gasteiger charge is -2.24. The van der Waals surface area contributed by atoms with E-state index in [2.05, 4.69) is 22.3 Å². The van der Waals surface area contributed by atoms with Crippen LogP contribution in [0.25, 0.3) is 0 Å². The molecule has 0 heterocycles. The summed E-state index contributed by atoms with van der Waals surface area (Å²) in [5.41, 5.74) is 7.91. The van der Waals surface area contributed by atoms with E-state index in [0.29, 0.717) is 12.6 Å². The summed E-state index contributed by atoms with van der Waals surface area (Å²) in [7, 11) is 1.98. The van der Waals surface area contributed by atoms with E-state index in [1.807, 2.05) is 26.1 Å². The molecule has 0 aliphatic heterocycles. The Morgan fingerprint density at radius 1 is 1.37 bits per heavy atom. The Morgan fingerprint density at radius 3 is 2.47 bits per heavy atom. The van der Waals surface area contributed by atoms with Crippen LogP contribution in [-0.2, 0) is 17.9 Å². The van der Waals surface area contributed by atoms with Crippen LogP contribution in [0, 0.1) is 0 Å². The fraction of sp³-hybridized carbons (Fsp3) is 0.533. The summed E-state index contributed by atoms with van der Waals surface area (Å²) in [5, 5.41) is 3.04. The molecule has 0 saturated heterocycles. The van der Waals surface area contributed by atoms with Gasteiger partial charge in [0.05, 0.1) is 6.04 Å². The third-order valence-corrected chi connectivity index (χ3v) is 3.65. The normalized spacial score (nSPS) is 16.4. The van der Waals surface area contributed by atoms with Crippen molar-refractivity contribution in [1.82, 2.24) is 10.2 Å². The van der Waals surface area contributed by atoms with Gasteiger partial charge in [-0.05, 0) is 37.9 Å². The van der Waals surface area contributed by atoms with Gasteiger partial charge in [0.15, 0.2) is 0 Å². The highest BCUT2D eigenvalue weighted by atomic mass is 16.2. The lowest BCUT2D eigenvalue weighted by atomic mass is 10.1. The Kier molecular flexibility index (Phi) is 4.56. The van der Waals surface area contributed by atoms with Gasteiger partial charge < -0.3 is 11.1 Å². The Balaban J connectivity index is 1.87. The van der Waals surface area contributed by atoms with Crippen LogP contribution >= 0.6 is 0 Å². The van der Waals surface area contributed by atoms with Crippen molar-refractivity contribution in [3.8, 4) is 0 Å². The molecule has 1 aliphatic carbocycles. The Morgan fingerprint density at radius 2 is 1.95 bits per heavy atom. The highest BCUT2D eigenvalue weighted by molar-refractivity contribution is 5.81. The molecule has 104 valence electrons. The molecule has 4 nitrogen and oxygen atoms in total. The summed E-state index contributed by atoms with van der Waals surface area (Å²) >= 11 is 0. The average Bonchev–Trinajstić information content (AvgIpc) is 3.22. The molecule has 0 radical (unpaired) electrons. The van der Waals surface area contributed by atoms with Crippen LogP contribution in [0.5, 0.6) is 0 Å². The summed E-state index contributed by atoms with van der Waals surface area (Å²) < 4.78 is 0. The van der Waals surface area contributed by atoms with Crippen molar-refractivity contribution in [3.05, 3.63) is 35.4 Å². The van der Waals surface area contributed by atoms with E-state index < -0.39 is 0 Å². The molecule has 4 heteroatoms. The predicted octanol–water partition coefficient (Wildman–Crippen LogP) is 1.24. The first kappa shape index (κ1) is 14.0. The van der Waals surface area contributed by atoms with Crippen molar-refractivity contribution >= 4 is 5.91 Å². The molecule has 0 bridgehead atoms. The summed E-state index contributed by atoms with van der Waals surface area (Å²) in [5.74, 6) is 0.128. The highest BCUT2D eigenvalue weighted by Gasteiger charge is 2.27. The van der Waals surface area contributed by atoms with Crippen molar-refractivity contribution in [2.24, 2.45) is 5.73 Å². The van der Waals surface area contributed by atoms with Crippen LogP contribution in [0.1, 0.15) is 30.9 Å². The second-order valence-corrected chi connectivity index (χ2v) is 5.39. The van der Waals surface area contributed by atoms with Crippen LogP contribution in [0.15, 0.2) is 24.3 Å². The Hall–Kier alpha value is -1.39. The van der Waals surface area contributed by atoms with E-state index in [0.717, 1.165) is 24.9 Å². The molecular formula is C15H23N3O. The zero-order chi connectivity index (χ0) is 13.8. The third-order valence-electron chi connectivity index (χ3n) is 3.65. The zero-order valence-corrected chi connectivity index (χ0v) is 11.7. The zero-order valence-electron chi connectivity index (χ0n) is 11.7. The lowest BCUT2D eigenvalue weighted by Crippen LogP contribution is -2.43. The number of nitrogens with zero attached hydrogens (tertiary/aromatic N) is 1. The van der Waals surface area contributed by atoms with Gasteiger partial charge in [0.25, 0.3) is 0 Å². The number of nitrogens with two attached hydrogens (primary N) is 1. The average molecular weight is 261 g/mol. The number of likely N-dealkylation sites (N-methyl/N-ethyl adjacent to an activating group) is 1. The smallest absolute Gasteiger partial charge is 0.237 e. The molecule has 1 saturated carbocycles. The van der Waals surface area contributed by atoms with E-state index in [1.54, 1.807) is 0 Å². The molecule has 1 aromatic rings. The van der Waals surface area contributed by atoms with E-state index in [4.69, 9.17) is 5.73 Å². The van der Waals surface area contributed by atoms with E-state index >= 15 is 0 Å². The van der Waals surface area contributed by atoms with Gasteiger partial charge in [-0.15, -0.1) is 0 Å². The maximum atomic E-state index is 12.0. The number of benzene rings is 1. The number of nitrogens with one attached hydrogen (secondary N) is 1. The molecule has 2 rings (SSSR count). The van der Waals surface area contributed by atoms with Crippen molar-refractivity contribution in [1.29, 1.82) is 0 Å². The van der Waals surface area contributed by atoms with E-state index in [9.17, 15) is 4.79 Å². The lowest BCUT2D eigenvalue weighted by molar-refractivity contribution is -0.125. The molecule has 1 unspecified atom stereocenters. The summed E-state index contributed by atoms with van der Waals surface area (Å²) in [6.07, 6.45) is 2.26. The number of carbonyl (C=O) groups is 1. The number of hydrogen-bond acceptors (Lipinski definition) is 3. The monoisotopic (exact) mass is 261 g/mol. The molecular weight excluding hydrogens is 238 g/mol. The fourth-order valence-electron chi connectivity index (χ4n) is 1.96. The van der Waals surface area contributed by atoms with Crippen LogP contribution in [-0.4, -0.2) is 29.9 Å². The minimum Gasteiger partial charge on any atom is -0.352 e. The molecule has 1 atom stereocenters. The molecule has 0 aromatic heterocycles. The second kappa shape index (κ2) is 6.17. The minimum atomic E-state index is -0.102. The van der Waals surface area contributed by atoms with Crippen LogP contribution in [0.2, 0.25) is 0 Å². The van der Waals surface area contributed by atoms with Gasteiger partial charge in [-0.2, -0.15) is 0 Å². The maximum absolute atomic E-state index is 12.0. The second-order valence-electron chi connectivity index (χ2n) is 5.39. The Labute approximate surface area is 115 Å². The van der Waals surface area contributed by atoms with Crippen molar-refractivity contribution in [2.75, 3.05) is 7.05 Å². The molecule has 0 spiro atoms. The van der Waals surface area contributed by atoms with Gasteiger partial charge in [0, 0.05) is 19.1 Å². The number of hydrogen-bond donors (Lipinski definition) is 2. The van der Waals surface area contributed by atoms with Crippen molar-refractivity contribution in [2.45, 2.75) is 44.9 Å². The molecule has 19 heavy (non-hydrogen) atoms. The minimum absolute atomic E-state index is 0.102. The topological polar surface area (TPSA) is 58.4 Å². The molecule has 1 aliphatic rings. The van der Waals surface area contributed by atoms with E-state index in [1.165, 1.54) is 5.56 Å². The van der Waals surface area contributed by atoms with Crippen LogP contribution < -0.4 is 11.1 Å². The van der Waals surface area contributed by atoms with Gasteiger partial charge in [0.2, 0.25) is 5.91 Å². The van der Waals surface area contributed by atoms with Crippen LogP contribution in [0.4, 0.5) is 0 Å².